The first kappa shape index (κ1) is 23.1. The lowest BCUT2D eigenvalue weighted by atomic mass is 9.78. The molecule has 2 aromatic carbocycles. The summed E-state index contributed by atoms with van der Waals surface area (Å²) in [6, 6.07) is 15.1. The standard InChI is InChI=1S/C24H30ClN3O3/c1-3-18-8-10-20(11-9-18)27-23(30)31-17-24(12-14-28(2)15-13-24)22(29)26-16-19-6-4-5-7-21(19)25/h4-11H,3,12-17H2,1-2H3,(H,26,29)(H,27,30). The van der Waals surface area contributed by atoms with Gasteiger partial charge in [0.25, 0.3) is 0 Å². The van der Waals surface area contributed by atoms with Crippen molar-refractivity contribution in [3.8, 4) is 0 Å². The number of halogens is 1. The van der Waals surface area contributed by atoms with Crippen LogP contribution in [0.2, 0.25) is 5.02 Å². The van der Waals surface area contributed by atoms with Crippen LogP contribution in [-0.2, 0) is 22.5 Å². The Morgan fingerprint density at radius 1 is 1.10 bits per heavy atom. The SMILES string of the molecule is CCc1ccc(NC(=O)OCC2(C(=O)NCc3ccccc3Cl)CCN(C)CC2)cc1. The van der Waals surface area contributed by atoms with Gasteiger partial charge in [-0.2, -0.15) is 0 Å². The Morgan fingerprint density at radius 2 is 1.77 bits per heavy atom. The lowest BCUT2D eigenvalue weighted by Gasteiger charge is -2.38. The number of nitrogens with one attached hydrogen (secondary N) is 2. The van der Waals surface area contributed by atoms with E-state index in [4.69, 9.17) is 16.3 Å². The maximum Gasteiger partial charge on any atom is 0.411 e. The zero-order chi connectivity index (χ0) is 22.3. The predicted molar refractivity (Wildman–Crippen MR) is 123 cm³/mol. The van der Waals surface area contributed by atoms with Crippen molar-refractivity contribution in [2.24, 2.45) is 5.41 Å². The highest BCUT2D eigenvalue weighted by Gasteiger charge is 2.42. The van der Waals surface area contributed by atoms with Crippen molar-refractivity contribution < 1.29 is 14.3 Å². The summed E-state index contributed by atoms with van der Waals surface area (Å²) in [6.45, 7) is 3.99. The fraction of sp³-hybridized carbons (Fsp3) is 0.417. The highest BCUT2D eigenvalue weighted by atomic mass is 35.5. The normalized spacial score (nSPS) is 15.8. The second-order valence-corrected chi connectivity index (χ2v) is 8.52. The van der Waals surface area contributed by atoms with E-state index in [-0.39, 0.29) is 12.5 Å². The summed E-state index contributed by atoms with van der Waals surface area (Å²) in [5, 5.41) is 6.36. The third kappa shape index (κ3) is 6.21. The maximum absolute atomic E-state index is 13.2. The molecule has 0 bridgehead atoms. The molecular weight excluding hydrogens is 414 g/mol. The van der Waals surface area contributed by atoms with Gasteiger partial charge >= 0.3 is 6.09 Å². The number of rotatable bonds is 7. The van der Waals surface area contributed by atoms with E-state index < -0.39 is 11.5 Å². The number of hydrogen-bond donors (Lipinski definition) is 2. The van der Waals surface area contributed by atoms with Crippen LogP contribution in [0.3, 0.4) is 0 Å². The maximum atomic E-state index is 13.2. The van der Waals surface area contributed by atoms with E-state index in [1.807, 2.05) is 49.5 Å². The molecule has 2 aromatic rings. The molecule has 166 valence electrons. The summed E-state index contributed by atoms with van der Waals surface area (Å²) in [7, 11) is 2.03. The molecule has 1 aliphatic rings. The van der Waals surface area contributed by atoms with Crippen LogP contribution in [0.15, 0.2) is 48.5 Å². The lowest BCUT2D eigenvalue weighted by molar-refractivity contribution is -0.136. The van der Waals surface area contributed by atoms with Crippen molar-refractivity contribution in [2.45, 2.75) is 32.7 Å². The van der Waals surface area contributed by atoms with E-state index in [1.165, 1.54) is 5.56 Å². The summed E-state index contributed by atoms with van der Waals surface area (Å²) in [5.74, 6) is -0.111. The average molecular weight is 444 g/mol. The van der Waals surface area contributed by atoms with Gasteiger partial charge in [-0.25, -0.2) is 4.79 Å². The van der Waals surface area contributed by atoms with Crippen LogP contribution < -0.4 is 10.6 Å². The molecule has 31 heavy (non-hydrogen) atoms. The molecule has 3 rings (SSSR count). The summed E-state index contributed by atoms with van der Waals surface area (Å²) in [5.41, 5.74) is 1.97. The van der Waals surface area contributed by atoms with Crippen LogP contribution in [0, 0.1) is 5.41 Å². The number of benzene rings is 2. The van der Waals surface area contributed by atoms with Gasteiger partial charge in [0.15, 0.2) is 0 Å². The lowest BCUT2D eigenvalue weighted by Crippen LogP contribution is -2.50. The van der Waals surface area contributed by atoms with Gasteiger partial charge in [-0.05, 0) is 68.7 Å². The zero-order valence-electron chi connectivity index (χ0n) is 18.1. The van der Waals surface area contributed by atoms with Crippen molar-refractivity contribution in [1.29, 1.82) is 0 Å². The Kier molecular flexibility index (Phi) is 7.93. The first-order valence-corrected chi connectivity index (χ1v) is 11.0. The second-order valence-electron chi connectivity index (χ2n) is 8.11. The van der Waals surface area contributed by atoms with Crippen molar-refractivity contribution in [3.63, 3.8) is 0 Å². The molecule has 1 saturated heterocycles. The fourth-order valence-corrected chi connectivity index (χ4v) is 3.87. The van der Waals surface area contributed by atoms with Crippen molar-refractivity contribution in [1.82, 2.24) is 10.2 Å². The number of anilines is 1. The molecule has 2 N–H and O–H groups in total. The quantitative estimate of drug-likeness (QED) is 0.661. The van der Waals surface area contributed by atoms with Crippen LogP contribution in [0.5, 0.6) is 0 Å². The molecular formula is C24H30ClN3O3. The van der Waals surface area contributed by atoms with E-state index in [2.05, 4.69) is 22.5 Å². The summed E-state index contributed by atoms with van der Waals surface area (Å²) >= 11 is 6.21. The average Bonchev–Trinajstić information content (AvgIpc) is 2.79. The smallest absolute Gasteiger partial charge is 0.411 e. The topological polar surface area (TPSA) is 70.7 Å². The minimum Gasteiger partial charge on any atom is -0.448 e. The number of nitrogens with zero attached hydrogens (tertiary/aromatic N) is 1. The summed E-state index contributed by atoms with van der Waals surface area (Å²) < 4.78 is 5.52. The predicted octanol–water partition coefficient (Wildman–Crippen LogP) is 4.48. The minimum absolute atomic E-state index is 0.0358. The Labute approximate surface area is 188 Å². The summed E-state index contributed by atoms with van der Waals surface area (Å²) in [6.07, 6.45) is 1.62. The van der Waals surface area contributed by atoms with Crippen molar-refractivity contribution in [2.75, 3.05) is 32.1 Å². The number of hydrogen-bond acceptors (Lipinski definition) is 4. The third-order valence-electron chi connectivity index (χ3n) is 5.91. The molecule has 0 atom stereocenters. The first-order valence-electron chi connectivity index (χ1n) is 10.6. The van der Waals surface area contributed by atoms with Gasteiger partial charge < -0.3 is 15.0 Å². The molecule has 1 aliphatic heterocycles. The molecule has 6 nitrogen and oxygen atoms in total. The van der Waals surface area contributed by atoms with Gasteiger partial charge in [-0.15, -0.1) is 0 Å². The minimum atomic E-state index is -0.753. The first-order chi connectivity index (χ1) is 14.9. The Bertz CT molecular complexity index is 893. The van der Waals surface area contributed by atoms with Crippen molar-refractivity contribution >= 4 is 29.3 Å². The monoisotopic (exact) mass is 443 g/mol. The second kappa shape index (κ2) is 10.6. The van der Waals surface area contributed by atoms with Gasteiger partial charge in [-0.3, -0.25) is 10.1 Å². The van der Waals surface area contributed by atoms with E-state index in [0.29, 0.717) is 30.1 Å². The number of amides is 2. The zero-order valence-corrected chi connectivity index (χ0v) is 18.9. The number of likely N-dealkylation sites (tertiary alicyclic amines) is 1. The number of carbonyl (C=O) groups excluding carboxylic acids is 2. The van der Waals surface area contributed by atoms with Gasteiger partial charge in [-0.1, -0.05) is 48.9 Å². The van der Waals surface area contributed by atoms with Gasteiger partial charge in [0.2, 0.25) is 5.91 Å². The summed E-state index contributed by atoms with van der Waals surface area (Å²) in [4.78, 5) is 27.7. The Hall–Kier alpha value is -2.57. The number of carbonyl (C=O) groups is 2. The molecule has 2 amide bonds. The van der Waals surface area contributed by atoms with Crippen molar-refractivity contribution in [3.05, 3.63) is 64.7 Å². The molecule has 0 radical (unpaired) electrons. The van der Waals surface area contributed by atoms with E-state index in [0.717, 1.165) is 25.1 Å². The van der Waals surface area contributed by atoms with Gasteiger partial charge in [0.05, 0.1) is 5.41 Å². The molecule has 1 heterocycles. The van der Waals surface area contributed by atoms with E-state index >= 15 is 0 Å². The molecule has 0 aromatic heterocycles. The van der Waals surface area contributed by atoms with E-state index in [1.54, 1.807) is 6.07 Å². The van der Waals surface area contributed by atoms with Crippen LogP contribution in [0.1, 0.15) is 30.9 Å². The van der Waals surface area contributed by atoms with Gasteiger partial charge in [0, 0.05) is 17.3 Å². The molecule has 1 fully saturated rings. The van der Waals surface area contributed by atoms with Crippen LogP contribution >= 0.6 is 11.6 Å². The van der Waals surface area contributed by atoms with Crippen LogP contribution in [0.25, 0.3) is 0 Å². The molecule has 0 aliphatic carbocycles. The third-order valence-corrected chi connectivity index (χ3v) is 6.28. The molecule has 0 unspecified atom stereocenters. The molecule has 0 saturated carbocycles. The number of ether oxygens (including phenoxy) is 1. The van der Waals surface area contributed by atoms with Gasteiger partial charge in [0.1, 0.15) is 6.61 Å². The molecule has 0 spiro atoms. The Balaban J connectivity index is 1.61. The molecule has 7 heteroatoms. The highest BCUT2D eigenvalue weighted by Crippen LogP contribution is 2.32. The van der Waals surface area contributed by atoms with Crippen LogP contribution in [0.4, 0.5) is 10.5 Å². The largest absolute Gasteiger partial charge is 0.448 e. The highest BCUT2D eigenvalue weighted by molar-refractivity contribution is 6.31. The number of aryl methyl sites for hydroxylation is 1. The fourth-order valence-electron chi connectivity index (χ4n) is 3.67. The van der Waals surface area contributed by atoms with E-state index in [9.17, 15) is 9.59 Å². The Morgan fingerprint density at radius 3 is 2.42 bits per heavy atom. The van der Waals surface area contributed by atoms with Crippen LogP contribution in [-0.4, -0.2) is 43.6 Å². The number of piperidine rings is 1.